The van der Waals surface area contributed by atoms with Gasteiger partial charge in [0.15, 0.2) is 5.84 Å². The molecule has 6 heteroatoms. The summed E-state index contributed by atoms with van der Waals surface area (Å²) in [5, 5.41) is 12.2. The van der Waals surface area contributed by atoms with E-state index in [1.54, 1.807) is 0 Å². The predicted molar refractivity (Wildman–Crippen MR) is 81.0 cm³/mol. The second-order valence-corrected chi connectivity index (χ2v) is 5.61. The lowest BCUT2D eigenvalue weighted by atomic mass is 9.94. The van der Waals surface area contributed by atoms with E-state index in [0.29, 0.717) is 6.61 Å². The number of anilines is 1. The normalized spacial score (nSPS) is 20.0. The first-order valence-electron chi connectivity index (χ1n) is 7.63. The summed E-state index contributed by atoms with van der Waals surface area (Å²) in [5.74, 6) is 0.965. The molecule has 6 nitrogen and oxygen atoms in total. The van der Waals surface area contributed by atoms with Crippen LogP contribution < -0.4 is 10.6 Å². The molecule has 1 aromatic rings. The highest BCUT2D eigenvalue weighted by Gasteiger charge is 2.22. The van der Waals surface area contributed by atoms with Crippen LogP contribution in [0.5, 0.6) is 0 Å². The first-order valence-corrected chi connectivity index (χ1v) is 7.63. The topological polar surface area (TPSA) is 84.0 Å². The Morgan fingerprint density at radius 2 is 2.10 bits per heavy atom. The third kappa shape index (κ3) is 2.95. The van der Waals surface area contributed by atoms with Crippen LogP contribution in [-0.4, -0.2) is 42.3 Å². The molecule has 0 bridgehead atoms. The van der Waals surface area contributed by atoms with Crippen molar-refractivity contribution in [3.8, 4) is 0 Å². The largest absolute Gasteiger partial charge is 0.409 e. The summed E-state index contributed by atoms with van der Waals surface area (Å²) in [6.45, 7) is 3.14. The number of rotatable bonds is 2. The molecule has 2 heterocycles. The van der Waals surface area contributed by atoms with Gasteiger partial charge in [0.25, 0.3) is 0 Å². The number of pyridine rings is 1. The van der Waals surface area contributed by atoms with Gasteiger partial charge in [0.1, 0.15) is 5.82 Å². The molecule has 1 aromatic heterocycles. The van der Waals surface area contributed by atoms with E-state index in [0.717, 1.165) is 56.0 Å². The molecular formula is C15H22N4O2. The number of nitrogens with two attached hydrogens (primary N) is 1. The van der Waals surface area contributed by atoms with E-state index in [4.69, 9.17) is 20.7 Å². The van der Waals surface area contributed by atoms with Gasteiger partial charge in [-0.25, -0.2) is 4.98 Å². The van der Waals surface area contributed by atoms with E-state index in [1.807, 2.05) is 0 Å². The Bertz CT molecular complexity index is 537. The van der Waals surface area contributed by atoms with Crippen LogP contribution in [-0.2, 0) is 17.6 Å². The van der Waals surface area contributed by atoms with Gasteiger partial charge in [0.2, 0.25) is 0 Å². The minimum absolute atomic E-state index is 0.135. The monoisotopic (exact) mass is 290 g/mol. The fraction of sp³-hybridized carbons (Fsp3) is 0.600. The quantitative estimate of drug-likeness (QED) is 0.371. The number of fused-ring (bicyclic) bond motifs is 1. The van der Waals surface area contributed by atoms with Crippen LogP contribution in [0.2, 0.25) is 0 Å². The van der Waals surface area contributed by atoms with E-state index in [9.17, 15) is 0 Å². The Hall–Kier alpha value is -1.82. The first-order chi connectivity index (χ1) is 10.3. The van der Waals surface area contributed by atoms with Crippen LogP contribution in [0.25, 0.3) is 0 Å². The second-order valence-electron chi connectivity index (χ2n) is 5.61. The van der Waals surface area contributed by atoms with Crippen molar-refractivity contribution in [2.45, 2.75) is 32.1 Å². The summed E-state index contributed by atoms with van der Waals surface area (Å²) in [4.78, 5) is 7.04. The molecule has 3 rings (SSSR count). The summed E-state index contributed by atoms with van der Waals surface area (Å²) in [6, 6.07) is 2.05. The number of ether oxygens (including phenoxy) is 1. The highest BCUT2D eigenvalue weighted by Crippen LogP contribution is 2.27. The van der Waals surface area contributed by atoms with Gasteiger partial charge in [0.05, 0.1) is 12.2 Å². The zero-order chi connectivity index (χ0) is 14.7. The highest BCUT2D eigenvalue weighted by molar-refractivity contribution is 6.01. The molecular weight excluding hydrogens is 268 g/mol. The summed E-state index contributed by atoms with van der Waals surface area (Å²) in [6.07, 6.45) is 5.38. The summed E-state index contributed by atoms with van der Waals surface area (Å²) in [7, 11) is 0. The molecule has 1 fully saturated rings. The Morgan fingerprint density at radius 3 is 2.95 bits per heavy atom. The lowest BCUT2D eigenvalue weighted by Gasteiger charge is -2.26. The Morgan fingerprint density at radius 1 is 1.24 bits per heavy atom. The standard InChI is InChI=1S/C15H22N4O2/c16-14(18-20)12-10-11-4-1-2-5-13(11)17-15(12)19-6-3-8-21-9-7-19/h10,20H,1-9H2,(H2,16,18). The molecule has 0 saturated carbocycles. The van der Waals surface area contributed by atoms with Crippen molar-refractivity contribution in [1.82, 2.24) is 4.98 Å². The average Bonchev–Trinajstić information content (AvgIpc) is 2.82. The fourth-order valence-electron chi connectivity index (χ4n) is 3.06. The van der Waals surface area contributed by atoms with Crippen molar-refractivity contribution in [3.63, 3.8) is 0 Å². The second kappa shape index (κ2) is 6.30. The Balaban J connectivity index is 2.03. The van der Waals surface area contributed by atoms with Crippen molar-refractivity contribution in [1.29, 1.82) is 0 Å². The number of hydrogen-bond acceptors (Lipinski definition) is 5. The van der Waals surface area contributed by atoms with Crippen LogP contribution in [0.15, 0.2) is 11.2 Å². The van der Waals surface area contributed by atoms with Crippen molar-refractivity contribution in [2.24, 2.45) is 10.9 Å². The van der Waals surface area contributed by atoms with Gasteiger partial charge in [-0.2, -0.15) is 0 Å². The van der Waals surface area contributed by atoms with Crippen molar-refractivity contribution in [2.75, 3.05) is 31.2 Å². The number of aromatic nitrogens is 1. The van der Waals surface area contributed by atoms with Crippen molar-refractivity contribution >= 4 is 11.7 Å². The number of nitrogens with zero attached hydrogens (tertiary/aromatic N) is 3. The SMILES string of the molecule is NC(=NO)c1cc2c(nc1N1CCCOCC1)CCCC2. The Labute approximate surface area is 124 Å². The maximum atomic E-state index is 9.06. The van der Waals surface area contributed by atoms with Gasteiger partial charge in [0, 0.05) is 25.4 Å². The van der Waals surface area contributed by atoms with Crippen LogP contribution in [0.1, 0.15) is 36.1 Å². The molecule has 0 aromatic carbocycles. The van der Waals surface area contributed by atoms with Crippen molar-refractivity contribution < 1.29 is 9.94 Å². The molecule has 0 amide bonds. The van der Waals surface area contributed by atoms with Crippen LogP contribution in [0.4, 0.5) is 5.82 Å². The van der Waals surface area contributed by atoms with E-state index in [1.165, 1.54) is 18.4 Å². The number of oxime groups is 1. The highest BCUT2D eigenvalue weighted by atomic mass is 16.5. The summed E-state index contributed by atoms with van der Waals surface area (Å²) >= 11 is 0. The van der Waals surface area contributed by atoms with Crippen LogP contribution >= 0.6 is 0 Å². The van der Waals surface area contributed by atoms with Crippen molar-refractivity contribution in [3.05, 3.63) is 22.9 Å². The zero-order valence-electron chi connectivity index (χ0n) is 12.2. The van der Waals surface area contributed by atoms with Crippen LogP contribution in [0, 0.1) is 0 Å². The molecule has 1 saturated heterocycles. The van der Waals surface area contributed by atoms with Gasteiger partial charge in [-0.15, -0.1) is 0 Å². The molecule has 1 aliphatic heterocycles. The summed E-state index contributed by atoms with van der Waals surface area (Å²) < 4.78 is 5.51. The molecule has 2 aliphatic rings. The minimum atomic E-state index is 0.135. The zero-order valence-corrected chi connectivity index (χ0v) is 12.2. The van der Waals surface area contributed by atoms with Gasteiger partial charge < -0.3 is 20.6 Å². The fourth-order valence-corrected chi connectivity index (χ4v) is 3.06. The molecule has 0 atom stereocenters. The lowest BCUT2D eigenvalue weighted by molar-refractivity contribution is 0.152. The molecule has 0 radical (unpaired) electrons. The third-order valence-electron chi connectivity index (χ3n) is 4.19. The predicted octanol–water partition coefficient (Wildman–Crippen LogP) is 1.28. The first kappa shape index (κ1) is 14.1. The average molecular weight is 290 g/mol. The molecule has 21 heavy (non-hydrogen) atoms. The summed E-state index contributed by atoms with van der Waals surface area (Å²) in [5.41, 5.74) is 9.01. The van der Waals surface area contributed by atoms with Gasteiger partial charge in [-0.3, -0.25) is 0 Å². The van der Waals surface area contributed by atoms with Gasteiger partial charge >= 0.3 is 0 Å². The molecule has 3 N–H and O–H groups in total. The molecule has 0 unspecified atom stereocenters. The molecule has 1 aliphatic carbocycles. The molecule has 114 valence electrons. The number of amidine groups is 1. The third-order valence-corrected chi connectivity index (χ3v) is 4.19. The van der Waals surface area contributed by atoms with E-state index in [-0.39, 0.29) is 5.84 Å². The molecule has 0 spiro atoms. The minimum Gasteiger partial charge on any atom is -0.409 e. The van der Waals surface area contributed by atoms with Crippen LogP contribution in [0.3, 0.4) is 0 Å². The van der Waals surface area contributed by atoms with E-state index < -0.39 is 0 Å². The Kier molecular flexibility index (Phi) is 4.24. The van der Waals surface area contributed by atoms with E-state index >= 15 is 0 Å². The lowest BCUT2D eigenvalue weighted by Crippen LogP contribution is -2.31. The smallest absolute Gasteiger partial charge is 0.173 e. The van der Waals surface area contributed by atoms with Gasteiger partial charge in [-0.05, 0) is 43.7 Å². The number of hydrogen-bond donors (Lipinski definition) is 2. The maximum absolute atomic E-state index is 9.06. The van der Waals surface area contributed by atoms with Gasteiger partial charge in [-0.1, -0.05) is 5.16 Å². The maximum Gasteiger partial charge on any atom is 0.173 e. The number of aryl methyl sites for hydroxylation is 2. The van der Waals surface area contributed by atoms with E-state index in [2.05, 4.69) is 16.1 Å².